The standard InChI is InChI=1S/C14H16BrN3O2/c1-3-14(2,16)13-17-11(19)10(12(20)18-13)8-6-4-5-7-9(8)15/h4-7,10H,3,16H2,1-2H3,(H,17,18,19,20). The molecule has 6 heteroatoms. The van der Waals surface area contributed by atoms with Crippen LogP contribution in [0, 0.1) is 0 Å². The summed E-state index contributed by atoms with van der Waals surface area (Å²) in [4.78, 5) is 28.4. The third-order valence-electron chi connectivity index (χ3n) is 3.46. The van der Waals surface area contributed by atoms with Crippen molar-refractivity contribution in [3.05, 3.63) is 34.3 Å². The van der Waals surface area contributed by atoms with Crippen molar-refractivity contribution >= 4 is 33.6 Å². The van der Waals surface area contributed by atoms with Crippen LogP contribution in [0.3, 0.4) is 0 Å². The van der Waals surface area contributed by atoms with Gasteiger partial charge in [-0.25, -0.2) is 0 Å². The Kier molecular flexibility index (Phi) is 4.06. The molecule has 2 atom stereocenters. The first-order valence-corrected chi connectivity index (χ1v) is 7.13. The van der Waals surface area contributed by atoms with E-state index in [2.05, 4.69) is 26.2 Å². The van der Waals surface area contributed by atoms with Gasteiger partial charge in [-0.3, -0.25) is 9.59 Å². The van der Waals surface area contributed by atoms with Crippen molar-refractivity contribution in [3.8, 4) is 0 Å². The molecule has 1 aliphatic heterocycles. The molecule has 2 amide bonds. The molecule has 3 N–H and O–H groups in total. The van der Waals surface area contributed by atoms with E-state index in [9.17, 15) is 9.59 Å². The van der Waals surface area contributed by atoms with E-state index in [0.717, 1.165) is 0 Å². The highest BCUT2D eigenvalue weighted by Gasteiger charge is 2.38. The quantitative estimate of drug-likeness (QED) is 0.823. The smallest absolute Gasteiger partial charge is 0.264 e. The van der Waals surface area contributed by atoms with Gasteiger partial charge in [0.15, 0.2) is 0 Å². The van der Waals surface area contributed by atoms with E-state index in [1.54, 1.807) is 25.1 Å². The molecular weight excluding hydrogens is 322 g/mol. The Labute approximate surface area is 125 Å². The largest absolute Gasteiger partial charge is 0.319 e. The molecule has 0 saturated heterocycles. The Bertz CT molecular complexity index is 596. The topological polar surface area (TPSA) is 84.5 Å². The second-order valence-corrected chi connectivity index (χ2v) is 5.87. The molecule has 1 heterocycles. The molecule has 0 aliphatic carbocycles. The predicted octanol–water partition coefficient (Wildman–Crippen LogP) is 1.71. The predicted molar refractivity (Wildman–Crippen MR) is 80.4 cm³/mol. The van der Waals surface area contributed by atoms with Crippen LogP contribution in [0.2, 0.25) is 0 Å². The normalized spacial score (nSPS) is 22.0. The Morgan fingerprint density at radius 1 is 1.40 bits per heavy atom. The molecule has 0 bridgehead atoms. The summed E-state index contributed by atoms with van der Waals surface area (Å²) >= 11 is 3.35. The lowest BCUT2D eigenvalue weighted by Crippen LogP contribution is -2.57. The van der Waals surface area contributed by atoms with E-state index in [1.807, 2.05) is 13.0 Å². The highest BCUT2D eigenvalue weighted by atomic mass is 79.9. The summed E-state index contributed by atoms with van der Waals surface area (Å²) in [7, 11) is 0. The van der Waals surface area contributed by atoms with Gasteiger partial charge in [-0.15, -0.1) is 0 Å². The second kappa shape index (κ2) is 5.46. The lowest BCUT2D eigenvalue weighted by molar-refractivity contribution is -0.130. The van der Waals surface area contributed by atoms with E-state index >= 15 is 0 Å². The first-order valence-electron chi connectivity index (χ1n) is 6.34. The molecule has 106 valence electrons. The first-order chi connectivity index (χ1) is 9.36. The molecule has 0 radical (unpaired) electrons. The lowest BCUT2D eigenvalue weighted by atomic mass is 9.92. The first kappa shape index (κ1) is 14.9. The average molecular weight is 338 g/mol. The van der Waals surface area contributed by atoms with Crippen molar-refractivity contribution in [1.29, 1.82) is 0 Å². The minimum absolute atomic E-state index is 0.235. The number of hydrogen-bond acceptors (Lipinski definition) is 3. The van der Waals surface area contributed by atoms with Crippen molar-refractivity contribution in [1.82, 2.24) is 5.32 Å². The summed E-state index contributed by atoms with van der Waals surface area (Å²) in [5.74, 6) is -1.57. The number of aliphatic imine (C=N–C) groups is 1. The monoisotopic (exact) mass is 337 g/mol. The minimum atomic E-state index is -0.929. The van der Waals surface area contributed by atoms with Gasteiger partial charge in [-0.1, -0.05) is 41.1 Å². The van der Waals surface area contributed by atoms with E-state index < -0.39 is 23.3 Å². The van der Waals surface area contributed by atoms with Crippen LogP contribution in [0.5, 0.6) is 0 Å². The van der Waals surface area contributed by atoms with Gasteiger partial charge in [0.1, 0.15) is 11.8 Å². The van der Waals surface area contributed by atoms with Gasteiger partial charge in [-0.2, -0.15) is 4.99 Å². The Morgan fingerprint density at radius 2 is 2.05 bits per heavy atom. The van der Waals surface area contributed by atoms with Gasteiger partial charge in [-0.05, 0) is 25.0 Å². The van der Waals surface area contributed by atoms with Gasteiger partial charge in [0.25, 0.3) is 5.91 Å². The summed E-state index contributed by atoms with van der Waals surface area (Å²) in [5, 5.41) is 2.66. The van der Waals surface area contributed by atoms with Crippen LogP contribution in [0.25, 0.3) is 0 Å². The van der Waals surface area contributed by atoms with E-state index in [-0.39, 0.29) is 5.84 Å². The highest BCUT2D eigenvalue weighted by Crippen LogP contribution is 2.28. The Morgan fingerprint density at radius 3 is 2.60 bits per heavy atom. The fourth-order valence-corrected chi connectivity index (χ4v) is 2.44. The summed E-state index contributed by atoms with van der Waals surface area (Å²) < 4.78 is 0.707. The van der Waals surface area contributed by atoms with E-state index in [1.165, 1.54) is 0 Å². The maximum atomic E-state index is 12.2. The number of amidine groups is 1. The molecule has 1 aromatic rings. The molecule has 20 heavy (non-hydrogen) atoms. The number of carbonyl (C=O) groups is 2. The summed E-state index contributed by atoms with van der Waals surface area (Å²) in [6.07, 6.45) is 0.569. The molecule has 1 aromatic carbocycles. The molecule has 0 saturated carbocycles. The van der Waals surface area contributed by atoms with Gasteiger partial charge >= 0.3 is 0 Å². The summed E-state index contributed by atoms with van der Waals surface area (Å²) in [5.41, 5.74) is 5.81. The van der Waals surface area contributed by atoms with E-state index in [4.69, 9.17) is 5.73 Å². The van der Waals surface area contributed by atoms with Gasteiger partial charge in [0.05, 0.1) is 5.54 Å². The number of nitrogens with zero attached hydrogens (tertiary/aromatic N) is 1. The zero-order chi connectivity index (χ0) is 14.9. The number of benzene rings is 1. The molecule has 0 spiro atoms. The summed E-state index contributed by atoms with van der Waals surface area (Å²) in [6, 6.07) is 7.11. The van der Waals surface area contributed by atoms with Gasteiger partial charge in [0.2, 0.25) is 5.91 Å². The summed E-state index contributed by atoms with van der Waals surface area (Å²) in [6.45, 7) is 3.61. The number of hydrogen-bond donors (Lipinski definition) is 2. The zero-order valence-corrected chi connectivity index (χ0v) is 12.9. The molecule has 2 unspecified atom stereocenters. The number of halogens is 1. The van der Waals surface area contributed by atoms with Crippen LogP contribution in [0.1, 0.15) is 31.7 Å². The van der Waals surface area contributed by atoms with Crippen LogP contribution in [-0.2, 0) is 9.59 Å². The second-order valence-electron chi connectivity index (χ2n) is 5.01. The van der Waals surface area contributed by atoms with Gasteiger partial charge < -0.3 is 11.1 Å². The van der Waals surface area contributed by atoms with Crippen molar-refractivity contribution in [2.75, 3.05) is 0 Å². The number of rotatable bonds is 3. The molecule has 2 rings (SSSR count). The number of amides is 2. The fourth-order valence-electron chi connectivity index (χ4n) is 1.93. The number of carbonyl (C=O) groups excluding carboxylic acids is 2. The Hall–Kier alpha value is -1.53. The van der Waals surface area contributed by atoms with Gasteiger partial charge in [0, 0.05) is 4.47 Å². The molecule has 0 fully saturated rings. The third kappa shape index (κ3) is 2.66. The number of nitrogens with one attached hydrogen (secondary N) is 1. The number of nitrogens with two attached hydrogens (primary N) is 1. The molecule has 1 aliphatic rings. The maximum absolute atomic E-state index is 12.2. The highest BCUT2D eigenvalue weighted by molar-refractivity contribution is 9.10. The van der Waals surface area contributed by atoms with Crippen molar-refractivity contribution < 1.29 is 9.59 Å². The zero-order valence-electron chi connectivity index (χ0n) is 11.3. The third-order valence-corrected chi connectivity index (χ3v) is 4.19. The van der Waals surface area contributed by atoms with Crippen molar-refractivity contribution in [2.45, 2.75) is 31.7 Å². The minimum Gasteiger partial charge on any atom is -0.319 e. The van der Waals surface area contributed by atoms with Crippen LogP contribution >= 0.6 is 15.9 Å². The lowest BCUT2D eigenvalue weighted by Gasteiger charge is -2.29. The molecular formula is C14H16BrN3O2. The SMILES string of the molecule is CCC(C)(N)C1=NC(=O)C(c2ccccc2Br)C(=O)N1. The maximum Gasteiger partial charge on any atom is 0.264 e. The van der Waals surface area contributed by atoms with Crippen molar-refractivity contribution in [2.24, 2.45) is 10.7 Å². The van der Waals surface area contributed by atoms with Crippen LogP contribution in [-0.4, -0.2) is 23.2 Å². The van der Waals surface area contributed by atoms with Crippen LogP contribution in [0.4, 0.5) is 0 Å². The molecule has 5 nitrogen and oxygen atoms in total. The average Bonchev–Trinajstić information content (AvgIpc) is 2.40. The van der Waals surface area contributed by atoms with Crippen LogP contribution in [0.15, 0.2) is 33.7 Å². The van der Waals surface area contributed by atoms with Crippen LogP contribution < -0.4 is 11.1 Å². The van der Waals surface area contributed by atoms with Crippen molar-refractivity contribution in [3.63, 3.8) is 0 Å². The Balaban J connectivity index is 2.40. The molecule has 0 aromatic heterocycles. The fraction of sp³-hybridized carbons (Fsp3) is 0.357. The van der Waals surface area contributed by atoms with E-state index in [0.29, 0.717) is 16.5 Å².